The zero-order chi connectivity index (χ0) is 10.8. The third-order valence-corrected chi connectivity index (χ3v) is 2.07. The first-order chi connectivity index (χ1) is 7.20. The molecule has 0 aliphatic heterocycles. The number of imidazole rings is 1. The lowest BCUT2D eigenvalue weighted by molar-refractivity contribution is 0.966. The Morgan fingerprint density at radius 3 is 3.00 bits per heavy atom. The molecule has 2 rings (SSSR count). The summed E-state index contributed by atoms with van der Waals surface area (Å²) in [7, 11) is 0. The van der Waals surface area contributed by atoms with Crippen LogP contribution in [0.3, 0.4) is 0 Å². The number of rotatable bonds is 1. The molecule has 0 saturated heterocycles. The monoisotopic (exact) mass is 199 g/mol. The van der Waals surface area contributed by atoms with E-state index in [9.17, 15) is 4.79 Å². The van der Waals surface area contributed by atoms with Gasteiger partial charge in [0.1, 0.15) is 11.5 Å². The average Bonchev–Trinajstić information content (AvgIpc) is 2.60. The topological polar surface area (TPSA) is 50.7 Å². The van der Waals surface area contributed by atoms with Crippen molar-refractivity contribution in [3.8, 4) is 18.0 Å². The van der Waals surface area contributed by atoms with E-state index in [2.05, 4.69) is 15.9 Å². The largest absolute Gasteiger partial charge is 0.329 e. The molecule has 2 aromatic heterocycles. The van der Waals surface area contributed by atoms with Gasteiger partial charge in [0, 0.05) is 18.5 Å². The van der Waals surface area contributed by atoms with E-state index in [4.69, 9.17) is 6.42 Å². The lowest BCUT2D eigenvalue weighted by Gasteiger charge is -2.02. The Bertz CT molecular complexity index is 586. The predicted molar refractivity (Wildman–Crippen MR) is 56.9 cm³/mol. The summed E-state index contributed by atoms with van der Waals surface area (Å²) >= 11 is 0. The smallest absolute Gasteiger partial charge is 0.250 e. The Hall–Kier alpha value is -2.28. The van der Waals surface area contributed by atoms with Gasteiger partial charge in [-0.25, -0.2) is 4.98 Å². The SMILES string of the molecule is C#Cc1cn(-c2cc[nH]c(=O)c2)c(C)n1. The van der Waals surface area contributed by atoms with Crippen molar-refractivity contribution in [1.29, 1.82) is 0 Å². The van der Waals surface area contributed by atoms with Crippen LogP contribution in [0, 0.1) is 19.3 Å². The summed E-state index contributed by atoms with van der Waals surface area (Å²) in [6, 6.07) is 3.28. The summed E-state index contributed by atoms with van der Waals surface area (Å²) in [5.41, 5.74) is 1.17. The van der Waals surface area contributed by atoms with Gasteiger partial charge in [-0.3, -0.25) is 4.79 Å². The van der Waals surface area contributed by atoms with E-state index >= 15 is 0 Å². The van der Waals surface area contributed by atoms with Gasteiger partial charge in [-0.05, 0) is 18.9 Å². The van der Waals surface area contributed by atoms with Crippen LogP contribution < -0.4 is 5.56 Å². The molecule has 74 valence electrons. The molecule has 1 N–H and O–H groups in total. The highest BCUT2D eigenvalue weighted by atomic mass is 16.1. The number of hydrogen-bond donors (Lipinski definition) is 1. The van der Waals surface area contributed by atoms with Crippen LogP contribution in [0.4, 0.5) is 0 Å². The number of pyridine rings is 1. The molecular weight excluding hydrogens is 190 g/mol. The van der Waals surface area contributed by atoms with Gasteiger partial charge in [0.25, 0.3) is 0 Å². The number of terminal acetylenes is 1. The van der Waals surface area contributed by atoms with Crippen LogP contribution >= 0.6 is 0 Å². The number of aromatic nitrogens is 3. The Morgan fingerprint density at radius 1 is 1.60 bits per heavy atom. The maximum atomic E-state index is 11.1. The van der Waals surface area contributed by atoms with E-state index in [1.165, 1.54) is 6.07 Å². The number of nitrogens with one attached hydrogen (secondary N) is 1. The molecule has 0 aliphatic carbocycles. The van der Waals surface area contributed by atoms with Crippen molar-refractivity contribution in [2.45, 2.75) is 6.92 Å². The van der Waals surface area contributed by atoms with Gasteiger partial charge in [-0.15, -0.1) is 6.42 Å². The second-order valence-electron chi connectivity index (χ2n) is 3.10. The Balaban J connectivity index is 2.59. The summed E-state index contributed by atoms with van der Waals surface area (Å²) in [6.07, 6.45) is 8.56. The number of H-pyrrole nitrogens is 1. The zero-order valence-corrected chi connectivity index (χ0v) is 8.19. The van der Waals surface area contributed by atoms with Crippen LogP contribution in [0.25, 0.3) is 5.69 Å². The minimum atomic E-state index is -0.150. The first kappa shape index (κ1) is 9.28. The lowest BCUT2D eigenvalue weighted by Crippen LogP contribution is -2.06. The van der Waals surface area contributed by atoms with E-state index in [0.717, 1.165) is 11.5 Å². The highest BCUT2D eigenvalue weighted by molar-refractivity contribution is 5.34. The normalized spacial score (nSPS) is 9.87. The Kier molecular flexibility index (Phi) is 2.14. The third-order valence-electron chi connectivity index (χ3n) is 2.07. The zero-order valence-electron chi connectivity index (χ0n) is 8.19. The summed E-state index contributed by atoms with van der Waals surface area (Å²) in [5, 5.41) is 0. The molecule has 0 amide bonds. The molecule has 4 nitrogen and oxygen atoms in total. The summed E-state index contributed by atoms with van der Waals surface area (Å²) in [4.78, 5) is 17.8. The molecule has 2 aromatic rings. The molecule has 0 bridgehead atoms. The fraction of sp³-hybridized carbons (Fsp3) is 0.0909. The molecule has 0 atom stereocenters. The highest BCUT2D eigenvalue weighted by Crippen LogP contribution is 2.09. The first-order valence-electron chi connectivity index (χ1n) is 4.42. The van der Waals surface area contributed by atoms with Gasteiger partial charge >= 0.3 is 0 Å². The van der Waals surface area contributed by atoms with Crippen molar-refractivity contribution in [3.05, 3.63) is 46.4 Å². The molecule has 4 heteroatoms. The maximum Gasteiger partial charge on any atom is 0.250 e. The first-order valence-corrected chi connectivity index (χ1v) is 4.42. The molecule has 0 spiro atoms. The van der Waals surface area contributed by atoms with Crippen LogP contribution in [-0.4, -0.2) is 14.5 Å². The number of aromatic amines is 1. The Labute approximate surface area is 86.6 Å². The van der Waals surface area contributed by atoms with Gasteiger partial charge in [-0.2, -0.15) is 0 Å². The van der Waals surface area contributed by atoms with Crippen molar-refractivity contribution in [1.82, 2.24) is 14.5 Å². The Morgan fingerprint density at radius 2 is 2.40 bits per heavy atom. The van der Waals surface area contributed by atoms with E-state index in [1.807, 2.05) is 6.92 Å². The fourth-order valence-electron chi connectivity index (χ4n) is 1.39. The van der Waals surface area contributed by atoms with E-state index < -0.39 is 0 Å². The van der Waals surface area contributed by atoms with E-state index in [1.54, 1.807) is 23.0 Å². The summed E-state index contributed by atoms with van der Waals surface area (Å²) in [6.45, 7) is 1.84. The molecule has 0 aliphatic rings. The molecule has 0 saturated carbocycles. The van der Waals surface area contributed by atoms with E-state index in [0.29, 0.717) is 5.69 Å². The van der Waals surface area contributed by atoms with Gasteiger partial charge < -0.3 is 9.55 Å². The molecule has 0 fully saturated rings. The van der Waals surface area contributed by atoms with Gasteiger partial charge in [0.05, 0.1) is 5.69 Å². The van der Waals surface area contributed by atoms with Gasteiger partial charge in [-0.1, -0.05) is 0 Å². The molecule has 15 heavy (non-hydrogen) atoms. The summed E-state index contributed by atoms with van der Waals surface area (Å²) in [5.74, 6) is 3.21. The number of nitrogens with zero attached hydrogens (tertiary/aromatic N) is 2. The molecule has 2 heterocycles. The minimum Gasteiger partial charge on any atom is -0.329 e. The second-order valence-corrected chi connectivity index (χ2v) is 3.10. The van der Waals surface area contributed by atoms with Crippen molar-refractivity contribution in [3.63, 3.8) is 0 Å². The molecule has 0 radical (unpaired) electrons. The van der Waals surface area contributed by atoms with Crippen molar-refractivity contribution < 1.29 is 0 Å². The lowest BCUT2D eigenvalue weighted by atomic mass is 10.4. The van der Waals surface area contributed by atoms with Gasteiger partial charge in [0.15, 0.2) is 0 Å². The van der Waals surface area contributed by atoms with E-state index in [-0.39, 0.29) is 5.56 Å². The van der Waals surface area contributed by atoms with Crippen LogP contribution in [-0.2, 0) is 0 Å². The van der Waals surface area contributed by atoms with Crippen molar-refractivity contribution >= 4 is 0 Å². The minimum absolute atomic E-state index is 0.150. The molecular formula is C11H9N3O. The standard InChI is InChI=1S/C11H9N3O/c1-3-9-7-14(8(2)13-9)10-4-5-12-11(15)6-10/h1,4-7H,2H3,(H,12,15). The third kappa shape index (κ3) is 1.67. The van der Waals surface area contributed by atoms with Crippen molar-refractivity contribution in [2.75, 3.05) is 0 Å². The van der Waals surface area contributed by atoms with Crippen LogP contribution in [0.5, 0.6) is 0 Å². The molecule has 0 unspecified atom stereocenters. The van der Waals surface area contributed by atoms with Crippen LogP contribution in [0.1, 0.15) is 11.5 Å². The van der Waals surface area contributed by atoms with Crippen LogP contribution in [0.2, 0.25) is 0 Å². The van der Waals surface area contributed by atoms with Gasteiger partial charge in [0.2, 0.25) is 5.56 Å². The number of hydrogen-bond acceptors (Lipinski definition) is 2. The van der Waals surface area contributed by atoms with Crippen molar-refractivity contribution in [2.24, 2.45) is 0 Å². The average molecular weight is 199 g/mol. The second kappa shape index (κ2) is 3.46. The highest BCUT2D eigenvalue weighted by Gasteiger charge is 2.04. The fourth-order valence-corrected chi connectivity index (χ4v) is 1.39. The predicted octanol–water partition coefficient (Wildman–Crippen LogP) is 0.850. The van der Waals surface area contributed by atoms with Crippen LogP contribution in [0.15, 0.2) is 29.3 Å². The molecule has 0 aromatic carbocycles. The quantitative estimate of drug-likeness (QED) is 0.692. The number of aryl methyl sites for hydroxylation is 1. The maximum absolute atomic E-state index is 11.1. The summed E-state index contributed by atoms with van der Waals surface area (Å²) < 4.78 is 1.78.